The molecule has 0 radical (unpaired) electrons. The summed E-state index contributed by atoms with van der Waals surface area (Å²) < 4.78 is 16.6. The van der Waals surface area contributed by atoms with Gasteiger partial charge in [-0.05, 0) is 29.8 Å². The number of imidazole rings is 1. The molecular formula is C27H27BCl2FN5O2. The van der Waals surface area contributed by atoms with E-state index < -0.39 is 17.1 Å². The van der Waals surface area contributed by atoms with Gasteiger partial charge in [0.2, 0.25) is 11.9 Å². The molecule has 1 aromatic heterocycles. The molecule has 0 aliphatic rings. The Morgan fingerprint density at radius 1 is 1.08 bits per heavy atom. The lowest BCUT2D eigenvalue weighted by molar-refractivity contribution is -0.128. The number of halogens is 3. The first-order chi connectivity index (χ1) is 17.8. The molecule has 196 valence electrons. The van der Waals surface area contributed by atoms with Crippen molar-refractivity contribution in [3.63, 3.8) is 0 Å². The molecule has 0 bridgehead atoms. The van der Waals surface area contributed by atoms with Crippen LogP contribution in [0.25, 0.3) is 11.0 Å². The Hall–Kier alpha value is -3.56. The average molecular weight is 554 g/mol. The normalized spacial score (nSPS) is 11.4. The molecule has 0 fully saturated rings. The Balaban J connectivity index is 1.61. The maximum absolute atomic E-state index is 15.0. The van der Waals surface area contributed by atoms with E-state index in [0.29, 0.717) is 44.0 Å². The van der Waals surface area contributed by atoms with Gasteiger partial charge in [0.15, 0.2) is 0 Å². The molecule has 0 aliphatic heterocycles. The van der Waals surface area contributed by atoms with Crippen molar-refractivity contribution in [2.45, 2.75) is 27.3 Å². The number of nitrogens with one attached hydrogen (secondary N) is 3. The molecule has 7 nitrogen and oxygen atoms in total. The van der Waals surface area contributed by atoms with Crippen LogP contribution in [0.2, 0.25) is 10.0 Å². The number of anilines is 3. The minimum atomic E-state index is -0.677. The van der Waals surface area contributed by atoms with Crippen LogP contribution in [-0.4, -0.2) is 29.2 Å². The zero-order valence-corrected chi connectivity index (χ0v) is 23.2. The van der Waals surface area contributed by atoms with Gasteiger partial charge in [0, 0.05) is 30.8 Å². The summed E-state index contributed by atoms with van der Waals surface area (Å²) >= 11 is 13.1. The van der Waals surface area contributed by atoms with Crippen LogP contribution in [0.5, 0.6) is 0 Å². The molecule has 0 unspecified atom stereocenters. The van der Waals surface area contributed by atoms with E-state index in [1.54, 1.807) is 35.9 Å². The number of rotatable bonds is 6. The van der Waals surface area contributed by atoms with Crippen LogP contribution in [0.15, 0.2) is 48.5 Å². The molecule has 2 amide bonds. The Morgan fingerprint density at radius 2 is 1.76 bits per heavy atom. The largest absolute Gasteiger partial charge is 0.352 e. The number of hydrogen-bond donors (Lipinski definition) is 3. The van der Waals surface area contributed by atoms with Crippen molar-refractivity contribution in [1.29, 1.82) is 0 Å². The van der Waals surface area contributed by atoms with Crippen LogP contribution >= 0.6 is 23.2 Å². The van der Waals surface area contributed by atoms with E-state index in [-0.39, 0.29) is 18.0 Å². The number of aromatic nitrogens is 2. The van der Waals surface area contributed by atoms with Gasteiger partial charge >= 0.3 is 0 Å². The fourth-order valence-corrected chi connectivity index (χ4v) is 4.27. The molecule has 0 spiro atoms. The summed E-state index contributed by atoms with van der Waals surface area (Å²) in [6.07, 6.45) is 0. The third kappa shape index (κ3) is 5.79. The van der Waals surface area contributed by atoms with Crippen LogP contribution in [-0.2, 0) is 18.4 Å². The van der Waals surface area contributed by atoms with Gasteiger partial charge in [-0.2, -0.15) is 0 Å². The van der Waals surface area contributed by atoms with E-state index in [2.05, 4.69) is 20.9 Å². The molecule has 0 saturated carbocycles. The summed E-state index contributed by atoms with van der Waals surface area (Å²) in [5.74, 6) is -1.03. The van der Waals surface area contributed by atoms with Crippen LogP contribution < -0.4 is 21.4 Å². The van der Waals surface area contributed by atoms with Crippen molar-refractivity contribution in [3.05, 3.63) is 75.5 Å². The van der Waals surface area contributed by atoms with E-state index in [0.717, 1.165) is 5.46 Å². The summed E-state index contributed by atoms with van der Waals surface area (Å²) in [7, 11) is 3.64. The molecule has 4 aromatic rings. The number of carbonyl (C=O) groups is 2. The fourth-order valence-electron chi connectivity index (χ4n) is 3.73. The number of fused-ring (bicyclic) bond motifs is 1. The smallest absolute Gasteiger partial charge is 0.258 e. The maximum atomic E-state index is 15.0. The molecule has 1 heterocycles. The van der Waals surface area contributed by atoms with Gasteiger partial charge in [-0.25, -0.2) is 9.37 Å². The molecule has 0 aliphatic carbocycles. The highest BCUT2D eigenvalue weighted by atomic mass is 35.5. The lowest BCUT2D eigenvalue weighted by Gasteiger charge is -2.19. The third-order valence-electron chi connectivity index (χ3n) is 6.05. The molecule has 3 aromatic carbocycles. The summed E-state index contributed by atoms with van der Waals surface area (Å²) in [5, 5.41) is 9.37. The number of carbonyl (C=O) groups excluding carboxylic acids is 2. The highest BCUT2D eigenvalue weighted by Gasteiger charge is 2.22. The molecular weight excluding hydrogens is 527 g/mol. The first kappa shape index (κ1) is 27.5. The van der Waals surface area contributed by atoms with Crippen molar-refractivity contribution < 1.29 is 14.0 Å². The Kier molecular flexibility index (Phi) is 7.72. The molecule has 0 atom stereocenters. The lowest BCUT2D eigenvalue weighted by atomic mass is 9.95. The Labute approximate surface area is 231 Å². The Morgan fingerprint density at radius 3 is 2.42 bits per heavy atom. The second-order valence-electron chi connectivity index (χ2n) is 10.1. The SMILES string of the molecule is Bc1ccc(NC(=O)c2cc3nc(Nc4c(Cl)ccc(CNC(=O)C(C)(C)C)c4Cl)n(C)c3cc2F)cc1. The van der Waals surface area contributed by atoms with E-state index in [4.69, 9.17) is 23.2 Å². The second-order valence-corrected chi connectivity index (χ2v) is 10.9. The zero-order chi connectivity index (χ0) is 27.8. The van der Waals surface area contributed by atoms with Crippen molar-refractivity contribution in [2.75, 3.05) is 10.6 Å². The van der Waals surface area contributed by atoms with Crippen LogP contribution in [0, 0.1) is 11.2 Å². The number of benzene rings is 3. The number of amides is 2. The predicted molar refractivity (Wildman–Crippen MR) is 154 cm³/mol. The fraction of sp³-hybridized carbons (Fsp3) is 0.222. The van der Waals surface area contributed by atoms with E-state index in [1.807, 2.05) is 40.8 Å². The molecule has 3 N–H and O–H groups in total. The highest BCUT2D eigenvalue weighted by molar-refractivity contribution is 6.39. The first-order valence-electron chi connectivity index (χ1n) is 11.9. The third-order valence-corrected chi connectivity index (χ3v) is 6.80. The minimum absolute atomic E-state index is 0.113. The quantitative estimate of drug-likeness (QED) is 0.295. The summed E-state index contributed by atoms with van der Waals surface area (Å²) in [5.41, 5.74) is 2.87. The predicted octanol–water partition coefficient (Wildman–Crippen LogP) is 4.94. The summed E-state index contributed by atoms with van der Waals surface area (Å²) in [6, 6.07) is 13.3. The average Bonchev–Trinajstić information content (AvgIpc) is 3.15. The standard InChI is InChI=1S/C27H27BCl2FN5O2/c1-27(2,3)25(38)32-13-14-5-10-18(29)23(22(14)30)35-26-34-20-11-17(19(31)12-21(20)36(26)4)24(37)33-16-8-6-15(28)7-9-16/h5-12H,13,28H2,1-4H3,(H,32,38)(H,33,37)(H,34,35). The van der Waals surface area contributed by atoms with E-state index in [9.17, 15) is 14.0 Å². The van der Waals surface area contributed by atoms with Crippen molar-refractivity contribution >= 4 is 76.7 Å². The van der Waals surface area contributed by atoms with Gasteiger partial charge in [0.25, 0.3) is 5.91 Å². The monoisotopic (exact) mass is 553 g/mol. The Bertz CT molecular complexity index is 1550. The number of nitrogens with zero attached hydrogens (tertiary/aromatic N) is 2. The molecule has 38 heavy (non-hydrogen) atoms. The topological polar surface area (TPSA) is 88.1 Å². The van der Waals surface area contributed by atoms with Gasteiger partial charge in [-0.15, -0.1) is 0 Å². The number of hydrogen-bond acceptors (Lipinski definition) is 4. The van der Waals surface area contributed by atoms with Gasteiger partial charge < -0.3 is 20.5 Å². The summed E-state index contributed by atoms with van der Waals surface area (Å²) in [4.78, 5) is 29.6. The van der Waals surface area contributed by atoms with Crippen molar-refractivity contribution in [2.24, 2.45) is 12.5 Å². The highest BCUT2D eigenvalue weighted by Crippen LogP contribution is 2.36. The lowest BCUT2D eigenvalue weighted by Crippen LogP contribution is -2.34. The summed E-state index contributed by atoms with van der Waals surface area (Å²) in [6.45, 7) is 5.69. The molecule has 0 saturated heterocycles. The maximum Gasteiger partial charge on any atom is 0.258 e. The van der Waals surface area contributed by atoms with Gasteiger partial charge in [-0.3, -0.25) is 9.59 Å². The molecule has 4 rings (SSSR count). The van der Waals surface area contributed by atoms with Crippen molar-refractivity contribution in [3.8, 4) is 0 Å². The van der Waals surface area contributed by atoms with E-state index >= 15 is 0 Å². The van der Waals surface area contributed by atoms with Crippen LogP contribution in [0.1, 0.15) is 36.7 Å². The van der Waals surface area contributed by atoms with Gasteiger partial charge in [-0.1, -0.05) is 67.6 Å². The van der Waals surface area contributed by atoms with Gasteiger partial charge in [0.05, 0.1) is 32.3 Å². The molecule has 11 heteroatoms. The first-order valence-corrected chi connectivity index (χ1v) is 12.7. The van der Waals surface area contributed by atoms with E-state index in [1.165, 1.54) is 12.1 Å². The zero-order valence-electron chi connectivity index (χ0n) is 21.7. The number of aryl methyl sites for hydroxylation is 1. The minimum Gasteiger partial charge on any atom is -0.352 e. The van der Waals surface area contributed by atoms with Crippen molar-refractivity contribution in [1.82, 2.24) is 14.9 Å². The van der Waals surface area contributed by atoms with Gasteiger partial charge in [0.1, 0.15) is 13.7 Å². The van der Waals surface area contributed by atoms with Crippen LogP contribution in [0.4, 0.5) is 21.7 Å². The van der Waals surface area contributed by atoms with Crippen LogP contribution in [0.3, 0.4) is 0 Å². The second kappa shape index (κ2) is 10.7.